The average molecular weight is 409 g/mol. The molecule has 1 fully saturated rings. The van der Waals surface area contributed by atoms with Crippen LogP contribution in [0.15, 0.2) is 41.1 Å². The molecule has 0 radical (unpaired) electrons. The summed E-state index contributed by atoms with van der Waals surface area (Å²) in [5, 5.41) is 12.5. The second kappa shape index (κ2) is 9.21. The van der Waals surface area contributed by atoms with E-state index in [1.807, 2.05) is 60.2 Å². The monoisotopic (exact) mass is 408 g/mol. The Hall–Kier alpha value is -3.00. The Morgan fingerprint density at radius 3 is 2.70 bits per heavy atom. The highest BCUT2D eigenvalue weighted by Gasteiger charge is 2.20. The Bertz CT molecular complexity index is 978. The van der Waals surface area contributed by atoms with Gasteiger partial charge in [0.05, 0.1) is 6.20 Å². The van der Waals surface area contributed by atoms with E-state index in [0.717, 1.165) is 44.7 Å². The van der Waals surface area contributed by atoms with Crippen molar-refractivity contribution in [2.75, 3.05) is 26.2 Å². The smallest absolute Gasteiger partial charge is 0.247 e. The van der Waals surface area contributed by atoms with Gasteiger partial charge in [0, 0.05) is 69.9 Å². The van der Waals surface area contributed by atoms with Crippen LogP contribution in [0.3, 0.4) is 0 Å². The molecular weight excluding hydrogens is 380 g/mol. The van der Waals surface area contributed by atoms with Gasteiger partial charge in [0.1, 0.15) is 0 Å². The zero-order valence-corrected chi connectivity index (χ0v) is 17.6. The molecule has 158 valence electrons. The van der Waals surface area contributed by atoms with E-state index < -0.39 is 0 Å². The summed E-state index contributed by atoms with van der Waals surface area (Å²) in [5.41, 5.74) is 3.28. The maximum atomic E-state index is 12.7. The summed E-state index contributed by atoms with van der Waals surface area (Å²) in [4.78, 5) is 17.1. The molecule has 0 saturated carbocycles. The van der Waals surface area contributed by atoms with E-state index in [9.17, 15) is 4.79 Å². The molecule has 1 amide bonds. The topological polar surface area (TPSA) is 80.3 Å². The van der Waals surface area contributed by atoms with Gasteiger partial charge in [0.15, 0.2) is 0 Å². The molecule has 1 saturated heterocycles. The molecule has 0 unspecified atom stereocenters. The number of nitrogens with zero attached hydrogens (tertiary/aromatic N) is 6. The maximum absolute atomic E-state index is 12.7. The van der Waals surface area contributed by atoms with Gasteiger partial charge in [-0.05, 0) is 25.5 Å². The maximum Gasteiger partial charge on any atom is 0.247 e. The number of carbonyl (C=O) groups is 1. The number of amides is 1. The molecule has 0 atom stereocenters. The molecule has 0 spiro atoms. The highest BCUT2D eigenvalue weighted by molar-refractivity contribution is 5.76. The Balaban J connectivity index is 1.26. The molecule has 8 heteroatoms. The zero-order valence-electron chi connectivity index (χ0n) is 17.6. The number of hydrogen-bond donors (Lipinski definition) is 0. The van der Waals surface area contributed by atoms with Crippen LogP contribution in [-0.2, 0) is 24.8 Å². The van der Waals surface area contributed by atoms with Crippen LogP contribution < -0.4 is 0 Å². The number of aromatic nitrogens is 4. The van der Waals surface area contributed by atoms with Crippen LogP contribution in [0.25, 0.3) is 11.5 Å². The zero-order chi connectivity index (χ0) is 20.9. The van der Waals surface area contributed by atoms with E-state index in [1.165, 1.54) is 11.1 Å². The van der Waals surface area contributed by atoms with Gasteiger partial charge in [-0.3, -0.25) is 14.4 Å². The van der Waals surface area contributed by atoms with Gasteiger partial charge in [-0.25, -0.2) is 0 Å². The first-order valence-electron chi connectivity index (χ1n) is 10.4. The van der Waals surface area contributed by atoms with Crippen molar-refractivity contribution >= 4 is 5.91 Å². The van der Waals surface area contributed by atoms with E-state index in [1.54, 1.807) is 0 Å². The van der Waals surface area contributed by atoms with Crippen molar-refractivity contribution in [3.8, 4) is 11.5 Å². The van der Waals surface area contributed by atoms with Gasteiger partial charge < -0.3 is 9.32 Å². The van der Waals surface area contributed by atoms with Gasteiger partial charge in [-0.1, -0.05) is 17.7 Å². The van der Waals surface area contributed by atoms with E-state index in [-0.39, 0.29) is 5.91 Å². The van der Waals surface area contributed by atoms with Crippen LogP contribution in [0, 0.1) is 6.92 Å². The van der Waals surface area contributed by atoms with Gasteiger partial charge >= 0.3 is 0 Å². The number of rotatable bonds is 6. The van der Waals surface area contributed by atoms with Gasteiger partial charge in [0.25, 0.3) is 0 Å². The summed E-state index contributed by atoms with van der Waals surface area (Å²) in [6.45, 7) is 6.31. The molecule has 1 aliphatic rings. The molecular formula is C22H28N6O2. The minimum absolute atomic E-state index is 0.147. The predicted molar refractivity (Wildman–Crippen MR) is 112 cm³/mol. The van der Waals surface area contributed by atoms with E-state index in [4.69, 9.17) is 4.42 Å². The quantitative estimate of drug-likeness (QED) is 0.623. The number of carbonyl (C=O) groups excluding carboxylic acids is 1. The summed E-state index contributed by atoms with van der Waals surface area (Å²) in [7, 11) is 1.93. The van der Waals surface area contributed by atoms with Crippen molar-refractivity contribution < 1.29 is 9.21 Å². The fourth-order valence-electron chi connectivity index (χ4n) is 3.73. The van der Waals surface area contributed by atoms with Crippen LogP contribution in [0.1, 0.15) is 29.9 Å². The molecule has 0 N–H and O–H groups in total. The molecule has 2 aromatic heterocycles. The van der Waals surface area contributed by atoms with Gasteiger partial charge in [-0.15, -0.1) is 10.2 Å². The van der Waals surface area contributed by atoms with Crippen LogP contribution in [0.2, 0.25) is 0 Å². The Morgan fingerprint density at radius 2 is 1.93 bits per heavy atom. The molecule has 1 aliphatic heterocycles. The summed E-state index contributed by atoms with van der Waals surface area (Å²) < 4.78 is 7.57. The number of aryl methyl sites for hydroxylation is 3. The SMILES string of the molecule is Cc1ccc(-c2nnc(CCC(=O)N3CCCN(Cc4cnn(C)c4)CC3)o2)cc1. The molecule has 3 aromatic rings. The minimum Gasteiger partial charge on any atom is -0.421 e. The lowest BCUT2D eigenvalue weighted by Gasteiger charge is -2.21. The molecule has 0 aliphatic carbocycles. The summed E-state index contributed by atoms with van der Waals surface area (Å²) in [6.07, 6.45) is 5.78. The van der Waals surface area contributed by atoms with Crippen molar-refractivity contribution in [2.24, 2.45) is 7.05 Å². The Labute approximate surface area is 176 Å². The van der Waals surface area contributed by atoms with Crippen LogP contribution in [-0.4, -0.2) is 61.9 Å². The standard InChI is InChI=1S/C22H28N6O2/c1-17-4-6-19(7-5-17)22-25-24-20(30-22)8-9-21(29)28-11-3-10-27(12-13-28)16-18-14-23-26(2)15-18/h4-7,14-15H,3,8-13,16H2,1-2H3. The van der Waals surface area contributed by atoms with Crippen LogP contribution in [0.4, 0.5) is 0 Å². The normalized spacial score (nSPS) is 15.3. The van der Waals surface area contributed by atoms with Crippen molar-refractivity contribution in [1.29, 1.82) is 0 Å². The first kappa shape index (κ1) is 20.3. The summed E-state index contributed by atoms with van der Waals surface area (Å²) in [6, 6.07) is 7.96. The Kier molecular flexibility index (Phi) is 6.23. The third kappa shape index (κ3) is 5.13. The van der Waals surface area contributed by atoms with E-state index >= 15 is 0 Å². The highest BCUT2D eigenvalue weighted by atomic mass is 16.4. The fourth-order valence-corrected chi connectivity index (χ4v) is 3.73. The lowest BCUT2D eigenvalue weighted by molar-refractivity contribution is -0.131. The lowest BCUT2D eigenvalue weighted by atomic mass is 10.1. The third-order valence-corrected chi connectivity index (χ3v) is 5.42. The fraction of sp³-hybridized carbons (Fsp3) is 0.455. The summed E-state index contributed by atoms with van der Waals surface area (Å²) in [5.74, 6) is 1.15. The number of benzene rings is 1. The van der Waals surface area contributed by atoms with Gasteiger partial charge in [0.2, 0.25) is 17.7 Å². The molecule has 3 heterocycles. The second-order valence-corrected chi connectivity index (χ2v) is 7.90. The predicted octanol–water partition coefficient (Wildman–Crippen LogP) is 2.45. The first-order valence-corrected chi connectivity index (χ1v) is 10.4. The van der Waals surface area contributed by atoms with Crippen molar-refractivity contribution in [2.45, 2.75) is 32.7 Å². The molecule has 4 rings (SSSR count). The molecule has 30 heavy (non-hydrogen) atoms. The van der Waals surface area contributed by atoms with E-state index in [2.05, 4.69) is 20.2 Å². The minimum atomic E-state index is 0.147. The largest absolute Gasteiger partial charge is 0.421 e. The van der Waals surface area contributed by atoms with Crippen molar-refractivity contribution in [3.63, 3.8) is 0 Å². The van der Waals surface area contributed by atoms with E-state index in [0.29, 0.717) is 24.6 Å². The molecule has 1 aromatic carbocycles. The summed E-state index contributed by atoms with van der Waals surface area (Å²) >= 11 is 0. The Morgan fingerprint density at radius 1 is 1.10 bits per heavy atom. The van der Waals surface area contributed by atoms with Crippen LogP contribution in [0.5, 0.6) is 0 Å². The van der Waals surface area contributed by atoms with Crippen molar-refractivity contribution in [3.05, 3.63) is 53.7 Å². The molecule has 8 nitrogen and oxygen atoms in total. The molecule has 0 bridgehead atoms. The lowest BCUT2D eigenvalue weighted by Crippen LogP contribution is -2.35. The van der Waals surface area contributed by atoms with Crippen molar-refractivity contribution in [1.82, 2.24) is 29.8 Å². The van der Waals surface area contributed by atoms with Gasteiger partial charge in [-0.2, -0.15) is 5.10 Å². The van der Waals surface area contributed by atoms with Crippen LogP contribution >= 0.6 is 0 Å². The number of hydrogen-bond acceptors (Lipinski definition) is 6. The average Bonchev–Trinajstić information content (AvgIpc) is 3.31. The third-order valence-electron chi connectivity index (χ3n) is 5.42. The second-order valence-electron chi connectivity index (χ2n) is 7.90. The first-order chi connectivity index (χ1) is 14.6. The highest BCUT2D eigenvalue weighted by Crippen LogP contribution is 2.19.